The number of carbonyl (C=O) groups is 2. The van der Waals surface area contributed by atoms with Crippen molar-refractivity contribution in [3.8, 4) is 5.75 Å². The predicted molar refractivity (Wildman–Crippen MR) is 142 cm³/mol. The van der Waals surface area contributed by atoms with Gasteiger partial charge in [0.1, 0.15) is 12.4 Å². The third-order valence-corrected chi connectivity index (χ3v) is 6.29. The molecule has 0 saturated heterocycles. The van der Waals surface area contributed by atoms with Crippen molar-refractivity contribution in [1.29, 1.82) is 0 Å². The van der Waals surface area contributed by atoms with Gasteiger partial charge in [0.15, 0.2) is 0 Å². The van der Waals surface area contributed by atoms with E-state index in [0.29, 0.717) is 17.1 Å². The fraction of sp³-hybridized carbons (Fsp3) is 0.448. The number of esters is 2. The second-order valence-corrected chi connectivity index (χ2v) is 9.34. The summed E-state index contributed by atoms with van der Waals surface area (Å²) < 4.78 is 16.8. The summed E-state index contributed by atoms with van der Waals surface area (Å²) in [4.78, 5) is 24.6. The highest BCUT2D eigenvalue weighted by Gasteiger charge is 2.28. The number of hydrogen-bond donors (Lipinski definition) is 2. The summed E-state index contributed by atoms with van der Waals surface area (Å²) in [5, 5.41) is 0. The highest BCUT2D eigenvalue weighted by atomic mass is 16.5. The Bertz CT molecular complexity index is 991. The number of benzene rings is 2. The minimum Gasteiger partial charge on any atom is -0.458 e. The molecule has 1 aliphatic rings. The topological polar surface area (TPSA) is 114 Å². The molecule has 2 aromatic carbocycles. The Labute approximate surface area is 213 Å². The summed E-state index contributed by atoms with van der Waals surface area (Å²) >= 11 is 0. The Hall–Kier alpha value is -3.32. The molecule has 0 radical (unpaired) electrons. The largest absolute Gasteiger partial charge is 0.458 e. The van der Waals surface area contributed by atoms with Crippen LogP contribution in [0.5, 0.6) is 5.75 Å². The van der Waals surface area contributed by atoms with Crippen LogP contribution in [-0.4, -0.2) is 24.6 Å². The summed E-state index contributed by atoms with van der Waals surface area (Å²) in [5.74, 6) is -0.264. The van der Waals surface area contributed by atoms with E-state index in [2.05, 4.69) is 6.92 Å². The average Bonchev–Trinajstić information content (AvgIpc) is 2.87. The first kappa shape index (κ1) is 27.3. The molecule has 0 spiro atoms. The maximum absolute atomic E-state index is 12.6. The minimum atomic E-state index is -0.480. The fourth-order valence-corrected chi connectivity index (χ4v) is 4.29. The zero-order valence-corrected chi connectivity index (χ0v) is 21.1. The van der Waals surface area contributed by atoms with Crippen molar-refractivity contribution in [2.24, 2.45) is 5.92 Å². The van der Waals surface area contributed by atoms with Crippen LogP contribution in [0.1, 0.15) is 69.4 Å². The van der Waals surface area contributed by atoms with Gasteiger partial charge in [0.25, 0.3) is 0 Å². The summed E-state index contributed by atoms with van der Waals surface area (Å²) in [6.45, 7) is 3.10. The van der Waals surface area contributed by atoms with E-state index in [1.54, 1.807) is 48.5 Å². The Kier molecular flexibility index (Phi) is 10.8. The van der Waals surface area contributed by atoms with Crippen LogP contribution in [0.15, 0.2) is 48.5 Å². The van der Waals surface area contributed by atoms with E-state index in [4.69, 9.17) is 25.7 Å². The molecule has 0 heterocycles. The summed E-state index contributed by atoms with van der Waals surface area (Å²) in [6.07, 6.45) is 11.5. The van der Waals surface area contributed by atoms with Gasteiger partial charge in [-0.2, -0.15) is 0 Å². The molecule has 1 fully saturated rings. The first-order valence-corrected chi connectivity index (χ1v) is 12.9. The molecule has 0 atom stereocenters. The number of ether oxygens (including phenoxy) is 3. The van der Waals surface area contributed by atoms with Gasteiger partial charge in [-0.1, -0.05) is 38.3 Å². The zero-order valence-electron chi connectivity index (χ0n) is 21.1. The van der Waals surface area contributed by atoms with Gasteiger partial charge in [-0.25, -0.2) is 4.79 Å². The van der Waals surface area contributed by atoms with Crippen molar-refractivity contribution < 1.29 is 23.8 Å². The highest BCUT2D eigenvalue weighted by Crippen LogP contribution is 2.28. The molecule has 0 amide bonds. The molecule has 3 rings (SSSR count). The van der Waals surface area contributed by atoms with Gasteiger partial charge in [0.2, 0.25) is 0 Å². The molecule has 36 heavy (non-hydrogen) atoms. The number of nitrogens with two attached hydrogens (primary N) is 2. The van der Waals surface area contributed by atoms with E-state index in [0.717, 1.165) is 49.8 Å². The Morgan fingerprint density at radius 3 is 2.31 bits per heavy atom. The average molecular weight is 495 g/mol. The third-order valence-electron chi connectivity index (χ3n) is 6.29. The predicted octanol–water partition coefficient (Wildman–Crippen LogP) is 5.67. The lowest BCUT2D eigenvalue weighted by Crippen LogP contribution is -2.29. The fourth-order valence-electron chi connectivity index (χ4n) is 4.29. The minimum absolute atomic E-state index is 0.0836. The highest BCUT2D eigenvalue weighted by molar-refractivity contribution is 5.87. The van der Waals surface area contributed by atoms with Gasteiger partial charge in [-0.3, -0.25) is 4.79 Å². The van der Waals surface area contributed by atoms with E-state index in [1.165, 1.54) is 25.3 Å². The van der Waals surface area contributed by atoms with Crippen LogP contribution in [0.25, 0.3) is 6.08 Å². The molecule has 7 nitrogen and oxygen atoms in total. The van der Waals surface area contributed by atoms with E-state index in [9.17, 15) is 9.59 Å². The second-order valence-electron chi connectivity index (χ2n) is 9.34. The van der Waals surface area contributed by atoms with Crippen LogP contribution >= 0.6 is 0 Å². The maximum Gasteiger partial charge on any atom is 0.331 e. The van der Waals surface area contributed by atoms with Crippen LogP contribution in [0.4, 0.5) is 11.4 Å². The Morgan fingerprint density at radius 2 is 1.64 bits per heavy atom. The van der Waals surface area contributed by atoms with Crippen LogP contribution < -0.4 is 16.2 Å². The number of nitrogen functional groups attached to an aromatic ring is 2. The van der Waals surface area contributed by atoms with E-state index >= 15 is 0 Å². The number of unbranched alkanes of at least 4 members (excludes halogenated alkanes) is 3. The summed E-state index contributed by atoms with van der Waals surface area (Å²) in [5.41, 5.74) is 14.1. The molecule has 2 aromatic rings. The normalized spacial score (nSPS) is 17.7. The Morgan fingerprint density at radius 1 is 0.944 bits per heavy atom. The van der Waals surface area contributed by atoms with Crippen molar-refractivity contribution in [3.63, 3.8) is 0 Å². The van der Waals surface area contributed by atoms with E-state index in [-0.39, 0.29) is 24.6 Å². The van der Waals surface area contributed by atoms with Crippen LogP contribution in [0.2, 0.25) is 0 Å². The second kappa shape index (κ2) is 14.3. The lowest BCUT2D eigenvalue weighted by molar-refractivity contribution is -0.141. The van der Waals surface area contributed by atoms with Crippen molar-refractivity contribution in [3.05, 3.63) is 59.7 Å². The van der Waals surface area contributed by atoms with Gasteiger partial charge >= 0.3 is 11.9 Å². The van der Waals surface area contributed by atoms with Gasteiger partial charge in [0, 0.05) is 24.1 Å². The van der Waals surface area contributed by atoms with Gasteiger partial charge in [-0.05, 0) is 79.6 Å². The van der Waals surface area contributed by atoms with Gasteiger partial charge in [0.05, 0.1) is 12.0 Å². The van der Waals surface area contributed by atoms with Crippen molar-refractivity contribution in [2.75, 3.05) is 18.1 Å². The molecule has 0 bridgehead atoms. The molecule has 194 valence electrons. The summed E-state index contributed by atoms with van der Waals surface area (Å²) in [7, 11) is 0. The molecular formula is C29H38N2O5. The first-order valence-electron chi connectivity index (χ1n) is 12.9. The van der Waals surface area contributed by atoms with Crippen molar-refractivity contribution in [1.82, 2.24) is 0 Å². The van der Waals surface area contributed by atoms with Crippen LogP contribution in [0, 0.1) is 5.92 Å². The molecule has 7 heteroatoms. The molecular weight excluding hydrogens is 456 g/mol. The van der Waals surface area contributed by atoms with Crippen molar-refractivity contribution in [2.45, 2.75) is 71.0 Å². The quantitative estimate of drug-likeness (QED) is 0.128. The van der Waals surface area contributed by atoms with Crippen molar-refractivity contribution >= 4 is 29.4 Å². The molecule has 4 N–H and O–H groups in total. The SMILES string of the molecule is CCCCCCOC1CCC(C(=O)Oc2ccc(/C=C/C(=O)OCc3cc(N)cc(N)c3)cc2)CC1. The smallest absolute Gasteiger partial charge is 0.331 e. The van der Waals surface area contributed by atoms with Crippen LogP contribution in [0.3, 0.4) is 0 Å². The maximum atomic E-state index is 12.6. The molecule has 1 aliphatic carbocycles. The van der Waals surface area contributed by atoms with Gasteiger partial charge in [-0.15, -0.1) is 0 Å². The number of carbonyl (C=O) groups excluding carboxylic acids is 2. The lowest BCUT2D eigenvalue weighted by Gasteiger charge is -2.27. The van der Waals surface area contributed by atoms with E-state index < -0.39 is 5.97 Å². The number of anilines is 2. The molecule has 0 unspecified atom stereocenters. The number of rotatable bonds is 12. The molecule has 0 aromatic heterocycles. The lowest BCUT2D eigenvalue weighted by atomic mass is 9.87. The molecule has 0 aliphatic heterocycles. The van der Waals surface area contributed by atoms with Gasteiger partial charge < -0.3 is 25.7 Å². The standard InChI is InChI=1S/C29H38N2O5/c1-2-3-4-5-16-34-26-13-9-23(10-14-26)29(33)36-27-11-6-21(7-12-27)8-15-28(32)35-20-22-17-24(30)19-25(31)18-22/h6-8,11-12,15,17-19,23,26H,2-5,9-10,13-14,16,20,30-31H2,1H3/b15-8+. The first-order chi connectivity index (χ1) is 17.4. The third kappa shape index (κ3) is 9.38. The monoisotopic (exact) mass is 494 g/mol. The number of hydrogen-bond acceptors (Lipinski definition) is 7. The Balaban J connectivity index is 1.37. The molecule has 1 saturated carbocycles. The summed E-state index contributed by atoms with van der Waals surface area (Å²) in [6, 6.07) is 12.1. The van der Waals surface area contributed by atoms with E-state index in [1.807, 2.05) is 0 Å². The van der Waals surface area contributed by atoms with Crippen LogP contribution in [-0.2, 0) is 25.7 Å². The zero-order chi connectivity index (χ0) is 25.8.